The molecule has 1 aromatic rings. The second-order valence-electron chi connectivity index (χ2n) is 5.59. The minimum atomic E-state index is 0.546. The maximum Gasteiger partial charge on any atom is 0.0472 e. The van der Waals surface area contributed by atoms with Crippen molar-refractivity contribution in [3.63, 3.8) is 0 Å². The van der Waals surface area contributed by atoms with Gasteiger partial charge in [0.15, 0.2) is 0 Å². The molecule has 1 saturated heterocycles. The number of likely N-dealkylation sites (tertiary alicyclic amines) is 1. The van der Waals surface area contributed by atoms with Gasteiger partial charge in [0.05, 0.1) is 0 Å². The number of nitrogens with one attached hydrogen (secondary N) is 1. The zero-order chi connectivity index (χ0) is 13.5. The Kier molecular flexibility index (Phi) is 5.87. The standard InChI is InChI=1S/C17H28N2/c1-3-16(4-2)18-14-17(19-12-8-9-13-19)15-10-6-5-7-11-15/h5-7,10-11,16-18H,3-4,8-9,12-14H2,1-2H3. The van der Waals surface area contributed by atoms with Crippen LogP contribution in [0.1, 0.15) is 51.1 Å². The maximum absolute atomic E-state index is 3.75. The van der Waals surface area contributed by atoms with E-state index < -0.39 is 0 Å². The first-order valence-corrected chi connectivity index (χ1v) is 7.87. The van der Waals surface area contributed by atoms with E-state index >= 15 is 0 Å². The van der Waals surface area contributed by atoms with E-state index in [4.69, 9.17) is 0 Å². The summed E-state index contributed by atoms with van der Waals surface area (Å²) in [5.41, 5.74) is 1.46. The summed E-state index contributed by atoms with van der Waals surface area (Å²) in [6.07, 6.45) is 5.15. The summed E-state index contributed by atoms with van der Waals surface area (Å²) in [6, 6.07) is 12.2. The van der Waals surface area contributed by atoms with Crippen molar-refractivity contribution in [2.75, 3.05) is 19.6 Å². The zero-order valence-electron chi connectivity index (χ0n) is 12.4. The third-order valence-electron chi connectivity index (χ3n) is 4.35. The Morgan fingerprint density at radius 3 is 2.26 bits per heavy atom. The normalized spacial score (nSPS) is 18.1. The Hall–Kier alpha value is -0.860. The van der Waals surface area contributed by atoms with E-state index in [-0.39, 0.29) is 0 Å². The van der Waals surface area contributed by atoms with Crippen molar-refractivity contribution < 1.29 is 0 Å². The molecule has 0 bridgehead atoms. The molecular weight excluding hydrogens is 232 g/mol. The van der Waals surface area contributed by atoms with Crippen molar-refractivity contribution in [2.45, 2.75) is 51.6 Å². The van der Waals surface area contributed by atoms with Gasteiger partial charge in [-0.05, 0) is 44.3 Å². The van der Waals surface area contributed by atoms with Gasteiger partial charge < -0.3 is 5.32 Å². The highest BCUT2D eigenvalue weighted by Crippen LogP contribution is 2.24. The Bertz CT molecular complexity index is 340. The van der Waals surface area contributed by atoms with Crippen LogP contribution in [0, 0.1) is 0 Å². The van der Waals surface area contributed by atoms with E-state index in [2.05, 4.69) is 54.4 Å². The number of nitrogens with zero attached hydrogens (tertiary/aromatic N) is 1. The average molecular weight is 260 g/mol. The van der Waals surface area contributed by atoms with Crippen molar-refractivity contribution in [1.29, 1.82) is 0 Å². The molecule has 1 fully saturated rings. The molecule has 19 heavy (non-hydrogen) atoms. The predicted molar refractivity (Wildman–Crippen MR) is 82.4 cm³/mol. The van der Waals surface area contributed by atoms with Crippen molar-refractivity contribution in [1.82, 2.24) is 10.2 Å². The lowest BCUT2D eigenvalue weighted by Gasteiger charge is -2.30. The van der Waals surface area contributed by atoms with Crippen molar-refractivity contribution in [3.8, 4) is 0 Å². The molecule has 1 aromatic carbocycles. The summed E-state index contributed by atoms with van der Waals surface area (Å²) in [4.78, 5) is 2.64. The number of hydrogen-bond acceptors (Lipinski definition) is 2. The molecule has 106 valence electrons. The molecule has 2 rings (SSSR count). The van der Waals surface area contributed by atoms with Crippen LogP contribution in [0.3, 0.4) is 0 Å². The molecule has 0 aromatic heterocycles. The fourth-order valence-electron chi connectivity index (χ4n) is 3.04. The van der Waals surface area contributed by atoms with Gasteiger partial charge in [0.25, 0.3) is 0 Å². The number of rotatable bonds is 7. The summed E-state index contributed by atoms with van der Waals surface area (Å²) in [5, 5.41) is 3.75. The zero-order valence-corrected chi connectivity index (χ0v) is 12.4. The molecule has 0 aliphatic carbocycles. The van der Waals surface area contributed by atoms with Crippen molar-refractivity contribution >= 4 is 0 Å². The minimum Gasteiger partial charge on any atom is -0.312 e. The summed E-state index contributed by atoms with van der Waals surface area (Å²) >= 11 is 0. The maximum atomic E-state index is 3.75. The molecule has 1 heterocycles. The van der Waals surface area contributed by atoms with Gasteiger partial charge in [-0.15, -0.1) is 0 Å². The smallest absolute Gasteiger partial charge is 0.0472 e. The fourth-order valence-corrected chi connectivity index (χ4v) is 3.04. The third kappa shape index (κ3) is 4.05. The summed E-state index contributed by atoms with van der Waals surface area (Å²) in [6.45, 7) is 8.13. The van der Waals surface area contributed by atoms with E-state index in [0.717, 1.165) is 6.54 Å². The first-order valence-electron chi connectivity index (χ1n) is 7.87. The number of benzene rings is 1. The van der Waals surface area contributed by atoms with Gasteiger partial charge in [-0.1, -0.05) is 44.2 Å². The quantitative estimate of drug-likeness (QED) is 0.806. The molecule has 1 atom stereocenters. The first-order chi connectivity index (χ1) is 9.35. The van der Waals surface area contributed by atoms with Crippen LogP contribution >= 0.6 is 0 Å². The van der Waals surface area contributed by atoms with Gasteiger partial charge in [0.2, 0.25) is 0 Å². The lowest BCUT2D eigenvalue weighted by molar-refractivity contribution is 0.231. The van der Waals surface area contributed by atoms with Crippen LogP contribution in [0.5, 0.6) is 0 Å². The van der Waals surface area contributed by atoms with E-state index in [0.29, 0.717) is 12.1 Å². The van der Waals surface area contributed by atoms with Gasteiger partial charge in [-0.3, -0.25) is 4.90 Å². The lowest BCUT2D eigenvalue weighted by atomic mass is 10.0. The van der Waals surface area contributed by atoms with Crippen LogP contribution in [0.15, 0.2) is 30.3 Å². The molecule has 1 N–H and O–H groups in total. The van der Waals surface area contributed by atoms with Crippen molar-refractivity contribution in [2.24, 2.45) is 0 Å². The molecule has 2 heteroatoms. The topological polar surface area (TPSA) is 15.3 Å². The van der Waals surface area contributed by atoms with Gasteiger partial charge in [0.1, 0.15) is 0 Å². The van der Waals surface area contributed by atoms with Gasteiger partial charge in [-0.25, -0.2) is 0 Å². The largest absolute Gasteiger partial charge is 0.312 e. The summed E-state index contributed by atoms with van der Waals surface area (Å²) in [5.74, 6) is 0. The Morgan fingerprint density at radius 2 is 1.68 bits per heavy atom. The number of hydrogen-bond donors (Lipinski definition) is 1. The van der Waals surface area contributed by atoms with E-state index in [1.165, 1.54) is 44.3 Å². The van der Waals surface area contributed by atoms with E-state index in [1.54, 1.807) is 0 Å². The molecule has 1 aliphatic rings. The van der Waals surface area contributed by atoms with Gasteiger partial charge in [-0.2, -0.15) is 0 Å². The van der Waals surface area contributed by atoms with E-state index in [1.807, 2.05) is 0 Å². The first kappa shape index (κ1) is 14.5. The van der Waals surface area contributed by atoms with Crippen LogP contribution in [-0.4, -0.2) is 30.6 Å². The highest BCUT2D eigenvalue weighted by atomic mass is 15.2. The second kappa shape index (κ2) is 7.66. The van der Waals surface area contributed by atoms with Gasteiger partial charge >= 0.3 is 0 Å². The third-order valence-corrected chi connectivity index (χ3v) is 4.35. The lowest BCUT2D eigenvalue weighted by Crippen LogP contribution is -2.38. The molecule has 0 radical (unpaired) electrons. The Labute approximate surface area is 118 Å². The highest BCUT2D eigenvalue weighted by Gasteiger charge is 2.23. The molecule has 0 spiro atoms. The highest BCUT2D eigenvalue weighted by molar-refractivity contribution is 5.19. The van der Waals surface area contributed by atoms with Crippen LogP contribution in [0.2, 0.25) is 0 Å². The molecule has 1 aliphatic heterocycles. The average Bonchev–Trinajstić information content (AvgIpc) is 2.99. The predicted octanol–water partition coefficient (Wildman–Crippen LogP) is 3.60. The minimum absolute atomic E-state index is 0.546. The summed E-state index contributed by atoms with van der Waals surface area (Å²) < 4.78 is 0. The molecule has 0 saturated carbocycles. The molecule has 1 unspecified atom stereocenters. The fraction of sp³-hybridized carbons (Fsp3) is 0.647. The Balaban J connectivity index is 2.02. The van der Waals surface area contributed by atoms with Crippen LogP contribution in [-0.2, 0) is 0 Å². The molecular formula is C17H28N2. The monoisotopic (exact) mass is 260 g/mol. The SMILES string of the molecule is CCC(CC)NCC(c1ccccc1)N1CCCC1. The molecule has 2 nitrogen and oxygen atoms in total. The van der Waals surface area contributed by atoms with Gasteiger partial charge in [0, 0.05) is 18.6 Å². The molecule has 0 amide bonds. The van der Waals surface area contributed by atoms with Crippen LogP contribution < -0.4 is 5.32 Å². The van der Waals surface area contributed by atoms with E-state index in [9.17, 15) is 0 Å². The Morgan fingerprint density at radius 1 is 1.05 bits per heavy atom. The van der Waals surface area contributed by atoms with Crippen molar-refractivity contribution in [3.05, 3.63) is 35.9 Å². The summed E-state index contributed by atoms with van der Waals surface area (Å²) in [7, 11) is 0. The van der Waals surface area contributed by atoms with Crippen LogP contribution in [0.4, 0.5) is 0 Å². The van der Waals surface area contributed by atoms with Crippen LogP contribution in [0.25, 0.3) is 0 Å². The second-order valence-corrected chi connectivity index (χ2v) is 5.59.